The third-order valence-electron chi connectivity index (χ3n) is 5.02. The van der Waals surface area contributed by atoms with Gasteiger partial charge in [-0.25, -0.2) is 9.37 Å². The van der Waals surface area contributed by atoms with Crippen molar-refractivity contribution in [1.29, 1.82) is 0 Å². The van der Waals surface area contributed by atoms with Gasteiger partial charge < -0.3 is 9.32 Å². The molecular formula is C21H23FN4O2. The molecule has 0 saturated carbocycles. The van der Waals surface area contributed by atoms with E-state index < -0.39 is 0 Å². The molecule has 146 valence electrons. The molecule has 1 saturated heterocycles. The normalized spacial score (nSPS) is 17.1. The van der Waals surface area contributed by atoms with E-state index in [9.17, 15) is 9.18 Å². The van der Waals surface area contributed by atoms with Crippen LogP contribution in [0.25, 0.3) is 0 Å². The van der Waals surface area contributed by atoms with Crippen LogP contribution in [-0.2, 0) is 17.8 Å². The molecule has 4 rings (SSSR count). The number of nitrogens with zero attached hydrogens (tertiary/aromatic N) is 4. The first-order chi connectivity index (χ1) is 13.6. The van der Waals surface area contributed by atoms with Gasteiger partial charge in [0, 0.05) is 25.7 Å². The van der Waals surface area contributed by atoms with Gasteiger partial charge in [-0.1, -0.05) is 12.1 Å². The Labute approximate surface area is 163 Å². The lowest BCUT2D eigenvalue weighted by Crippen LogP contribution is -2.41. The van der Waals surface area contributed by atoms with Gasteiger partial charge in [0.2, 0.25) is 5.91 Å². The third kappa shape index (κ3) is 4.30. The van der Waals surface area contributed by atoms with E-state index in [2.05, 4.69) is 10.1 Å². The standard InChI is InChI=1S/C21H23FN4O2/c1-15-10-24-26(12-15)14-20(27)25-7-3-5-17(13-25)21-23-11-19(28-21)9-16-4-2-6-18(22)8-16/h2,4,6,8,10-12,17H,3,5,7,9,13-14H2,1H3/t17-/m0/s1. The van der Waals surface area contributed by atoms with E-state index in [0.29, 0.717) is 24.6 Å². The highest BCUT2D eigenvalue weighted by molar-refractivity contribution is 5.76. The Balaban J connectivity index is 1.39. The molecule has 1 aliphatic heterocycles. The number of piperidine rings is 1. The number of oxazole rings is 1. The van der Waals surface area contributed by atoms with Gasteiger partial charge >= 0.3 is 0 Å². The number of aromatic nitrogens is 3. The Kier molecular flexibility index (Phi) is 5.23. The summed E-state index contributed by atoms with van der Waals surface area (Å²) in [4.78, 5) is 18.9. The number of likely N-dealkylation sites (tertiary alicyclic amines) is 1. The number of carbonyl (C=O) groups excluding carboxylic acids is 1. The Morgan fingerprint density at radius 3 is 3.04 bits per heavy atom. The summed E-state index contributed by atoms with van der Waals surface area (Å²) >= 11 is 0. The Morgan fingerprint density at radius 1 is 1.36 bits per heavy atom. The summed E-state index contributed by atoms with van der Waals surface area (Å²) in [5, 5.41) is 4.19. The molecule has 1 fully saturated rings. The maximum atomic E-state index is 13.4. The predicted molar refractivity (Wildman–Crippen MR) is 101 cm³/mol. The number of benzene rings is 1. The van der Waals surface area contributed by atoms with Gasteiger partial charge in [-0.05, 0) is 43.0 Å². The van der Waals surface area contributed by atoms with E-state index in [1.807, 2.05) is 24.1 Å². The first kappa shape index (κ1) is 18.4. The second-order valence-electron chi connectivity index (χ2n) is 7.37. The summed E-state index contributed by atoms with van der Waals surface area (Å²) in [6.45, 7) is 3.54. The molecule has 2 aromatic heterocycles. The number of hydrogen-bond donors (Lipinski definition) is 0. The molecule has 0 N–H and O–H groups in total. The maximum Gasteiger partial charge on any atom is 0.244 e. The van der Waals surface area contributed by atoms with Crippen LogP contribution in [0.15, 0.2) is 47.3 Å². The molecule has 1 amide bonds. The second-order valence-corrected chi connectivity index (χ2v) is 7.37. The fraction of sp³-hybridized carbons (Fsp3) is 0.381. The number of amides is 1. The number of hydrogen-bond acceptors (Lipinski definition) is 4. The molecule has 6 nitrogen and oxygen atoms in total. The lowest BCUT2D eigenvalue weighted by Gasteiger charge is -2.31. The van der Waals surface area contributed by atoms with E-state index in [0.717, 1.165) is 30.5 Å². The van der Waals surface area contributed by atoms with E-state index >= 15 is 0 Å². The molecule has 1 aliphatic rings. The summed E-state index contributed by atoms with van der Waals surface area (Å²) in [6, 6.07) is 6.48. The van der Waals surface area contributed by atoms with E-state index in [4.69, 9.17) is 4.42 Å². The molecule has 0 aliphatic carbocycles. The number of rotatable bonds is 5. The molecule has 3 aromatic rings. The summed E-state index contributed by atoms with van der Waals surface area (Å²) in [6.07, 6.45) is 7.67. The minimum atomic E-state index is -0.258. The minimum absolute atomic E-state index is 0.0549. The van der Waals surface area contributed by atoms with Gasteiger partial charge in [0.25, 0.3) is 0 Å². The summed E-state index contributed by atoms with van der Waals surface area (Å²) in [7, 11) is 0. The van der Waals surface area contributed by atoms with Crippen molar-refractivity contribution in [3.05, 3.63) is 71.5 Å². The van der Waals surface area contributed by atoms with Crippen LogP contribution in [0, 0.1) is 12.7 Å². The van der Waals surface area contributed by atoms with Crippen LogP contribution in [0.5, 0.6) is 0 Å². The van der Waals surface area contributed by atoms with Crippen molar-refractivity contribution in [3.8, 4) is 0 Å². The van der Waals surface area contributed by atoms with Gasteiger partial charge in [-0.3, -0.25) is 9.48 Å². The Morgan fingerprint density at radius 2 is 2.25 bits per heavy atom. The fourth-order valence-corrected chi connectivity index (χ4v) is 3.64. The molecule has 0 bridgehead atoms. The van der Waals surface area contributed by atoms with Crippen molar-refractivity contribution in [2.45, 2.75) is 38.6 Å². The average molecular weight is 382 g/mol. The first-order valence-electron chi connectivity index (χ1n) is 9.53. The molecule has 3 heterocycles. The fourth-order valence-electron chi connectivity index (χ4n) is 3.64. The smallest absolute Gasteiger partial charge is 0.244 e. The first-order valence-corrected chi connectivity index (χ1v) is 9.53. The molecule has 0 spiro atoms. The highest BCUT2D eigenvalue weighted by Crippen LogP contribution is 2.27. The zero-order valence-corrected chi connectivity index (χ0v) is 15.8. The summed E-state index contributed by atoms with van der Waals surface area (Å²) in [5.74, 6) is 1.23. The van der Waals surface area contributed by atoms with Crippen molar-refractivity contribution >= 4 is 5.91 Å². The van der Waals surface area contributed by atoms with Gasteiger partial charge in [-0.2, -0.15) is 5.10 Å². The van der Waals surface area contributed by atoms with E-state index in [1.165, 1.54) is 12.1 Å². The van der Waals surface area contributed by atoms with Crippen molar-refractivity contribution in [2.24, 2.45) is 0 Å². The Hall–Kier alpha value is -2.96. The summed E-state index contributed by atoms with van der Waals surface area (Å²) < 4.78 is 21.0. The largest absolute Gasteiger partial charge is 0.445 e. The summed E-state index contributed by atoms with van der Waals surface area (Å²) in [5.41, 5.74) is 1.88. The molecule has 1 aromatic carbocycles. The van der Waals surface area contributed by atoms with Crippen molar-refractivity contribution < 1.29 is 13.6 Å². The van der Waals surface area contributed by atoms with E-state index in [1.54, 1.807) is 23.1 Å². The quantitative estimate of drug-likeness (QED) is 0.679. The van der Waals surface area contributed by atoms with Crippen LogP contribution in [-0.4, -0.2) is 38.7 Å². The third-order valence-corrected chi connectivity index (χ3v) is 5.02. The molecule has 0 unspecified atom stereocenters. The van der Waals surface area contributed by atoms with Gasteiger partial charge in [0.1, 0.15) is 18.1 Å². The minimum Gasteiger partial charge on any atom is -0.445 e. The highest BCUT2D eigenvalue weighted by atomic mass is 19.1. The van der Waals surface area contributed by atoms with Gasteiger partial charge in [0.15, 0.2) is 5.89 Å². The van der Waals surface area contributed by atoms with Crippen LogP contribution in [0.4, 0.5) is 4.39 Å². The zero-order chi connectivity index (χ0) is 19.5. The Bertz CT molecular complexity index is 965. The second kappa shape index (κ2) is 7.96. The van der Waals surface area contributed by atoms with Crippen LogP contribution in [0.2, 0.25) is 0 Å². The zero-order valence-electron chi connectivity index (χ0n) is 15.8. The number of aryl methyl sites for hydroxylation is 1. The number of carbonyl (C=O) groups is 1. The monoisotopic (exact) mass is 382 g/mol. The topological polar surface area (TPSA) is 64.2 Å². The molecule has 1 atom stereocenters. The van der Waals surface area contributed by atoms with Crippen molar-refractivity contribution in [3.63, 3.8) is 0 Å². The van der Waals surface area contributed by atoms with Crippen molar-refractivity contribution in [1.82, 2.24) is 19.7 Å². The average Bonchev–Trinajstić information content (AvgIpc) is 3.31. The molecule has 7 heteroatoms. The molecular weight excluding hydrogens is 359 g/mol. The molecule has 0 radical (unpaired) electrons. The highest BCUT2D eigenvalue weighted by Gasteiger charge is 2.28. The van der Waals surface area contributed by atoms with Crippen molar-refractivity contribution in [2.75, 3.05) is 13.1 Å². The SMILES string of the molecule is Cc1cnn(CC(=O)N2CCC[C@H](c3ncc(Cc4cccc(F)c4)o3)C2)c1. The van der Waals surface area contributed by atoms with Crippen LogP contribution >= 0.6 is 0 Å². The lowest BCUT2D eigenvalue weighted by atomic mass is 9.98. The van der Waals surface area contributed by atoms with E-state index in [-0.39, 0.29) is 24.2 Å². The van der Waals surface area contributed by atoms with Crippen LogP contribution < -0.4 is 0 Å². The number of halogens is 1. The predicted octanol–water partition coefficient (Wildman–Crippen LogP) is 3.32. The lowest BCUT2D eigenvalue weighted by molar-refractivity contribution is -0.133. The molecule has 28 heavy (non-hydrogen) atoms. The van der Waals surface area contributed by atoms with Crippen LogP contribution in [0.1, 0.15) is 41.5 Å². The van der Waals surface area contributed by atoms with Gasteiger partial charge in [-0.15, -0.1) is 0 Å². The van der Waals surface area contributed by atoms with Crippen LogP contribution in [0.3, 0.4) is 0 Å². The maximum absolute atomic E-state index is 13.4. The van der Waals surface area contributed by atoms with Gasteiger partial charge in [0.05, 0.1) is 18.3 Å².